The Hall–Kier alpha value is 0.620. The number of hydrogen-bond donors (Lipinski definition) is 4. The molecule has 0 aliphatic carbocycles. The predicted octanol–water partition coefficient (Wildman–Crippen LogP) is 2.84. The molecule has 0 nitrogen and oxygen atoms in total. The molecule has 0 amide bonds. The van der Waals surface area contributed by atoms with Gasteiger partial charge in [-0.3, -0.25) is 0 Å². The molecular formula is C6H6S4. The normalized spacial score (nSPS) is 10.0. The van der Waals surface area contributed by atoms with Gasteiger partial charge in [-0.2, -0.15) is 0 Å². The maximum absolute atomic E-state index is 4.17. The fraction of sp³-hybridized carbons (Fsp3) is 0. The van der Waals surface area contributed by atoms with Gasteiger partial charge >= 0.3 is 0 Å². The summed E-state index contributed by atoms with van der Waals surface area (Å²) in [6, 6.07) is 3.66. The van der Waals surface area contributed by atoms with E-state index in [0.717, 1.165) is 19.6 Å². The van der Waals surface area contributed by atoms with E-state index in [2.05, 4.69) is 50.5 Å². The first-order valence-corrected chi connectivity index (χ1v) is 4.34. The zero-order valence-electron chi connectivity index (χ0n) is 4.94. The monoisotopic (exact) mass is 206 g/mol. The molecule has 0 heterocycles. The standard InChI is InChI=1S/C6H6S4/c7-3-1-4(8)6(10)5(9)2-3/h1-2,7-10H. The highest BCUT2D eigenvalue weighted by Gasteiger charge is 1.99. The molecule has 10 heavy (non-hydrogen) atoms. The highest BCUT2D eigenvalue weighted by molar-refractivity contribution is 7.85. The number of rotatable bonds is 0. The number of hydrogen-bond acceptors (Lipinski definition) is 4. The molecule has 0 fully saturated rings. The van der Waals surface area contributed by atoms with Crippen molar-refractivity contribution in [3.8, 4) is 0 Å². The van der Waals surface area contributed by atoms with Crippen LogP contribution in [0.2, 0.25) is 0 Å². The van der Waals surface area contributed by atoms with Gasteiger partial charge in [0.25, 0.3) is 0 Å². The molecule has 0 aromatic heterocycles. The highest BCUT2D eigenvalue weighted by atomic mass is 32.1. The second-order valence-electron chi connectivity index (χ2n) is 1.83. The van der Waals surface area contributed by atoms with Crippen LogP contribution in [0.5, 0.6) is 0 Å². The van der Waals surface area contributed by atoms with E-state index in [4.69, 9.17) is 0 Å². The van der Waals surface area contributed by atoms with Crippen molar-refractivity contribution >= 4 is 50.5 Å². The molecule has 1 aromatic rings. The van der Waals surface area contributed by atoms with Crippen molar-refractivity contribution in [1.29, 1.82) is 0 Å². The lowest BCUT2D eigenvalue weighted by molar-refractivity contribution is 1.09. The quantitative estimate of drug-likeness (QED) is 0.461. The summed E-state index contributed by atoms with van der Waals surface area (Å²) in [7, 11) is 0. The van der Waals surface area contributed by atoms with Crippen molar-refractivity contribution in [3.05, 3.63) is 12.1 Å². The van der Waals surface area contributed by atoms with Gasteiger partial charge in [-0.15, -0.1) is 50.5 Å². The van der Waals surface area contributed by atoms with Gasteiger partial charge < -0.3 is 0 Å². The van der Waals surface area contributed by atoms with Crippen LogP contribution in [-0.4, -0.2) is 0 Å². The molecule has 0 bridgehead atoms. The molecule has 4 heteroatoms. The molecule has 1 rings (SSSR count). The van der Waals surface area contributed by atoms with E-state index in [1.165, 1.54) is 0 Å². The van der Waals surface area contributed by atoms with Crippen molar-refractivity contribution in [2.75, 3.05) is 0 Å². The molecule has 0 saturated heterocycles. The zero-order chi connectivity index (χ0) is 7.72. The molecule has 1 aromatic carbocycles. The van der Waals surface area contributed by atoms with Crippen LogP contribution in [0.25, 0.3) is 0 Å². The Balaban J connectivity index is 3.31. The summed E-state index contributed by atoms with van der Waals surface area (Å²) < 4.78 is 0. The molecule has 0 atom stereocenters. The molecule has 0 spiro atoms. The Morgan fingerprint density at radius 2 is 1.20 bits per heavy atom. The minimum absolute atomic E-state index is 0.796. The molecule has 0 aliphatic heterocycles. The van der Waals surface area contributed by atoms with Crippen LogP contribution in [0.4, 0.5) is 0 Å². The Kier molecular flexibility index (Phi) is 2.91. The summed E-state index contributed by atoms with van der Waals surface area (Å²) in [6.07, 6.45) is 0. The van der Waals surface area contributed by atoms with Crippen molar-refractivity contribution < 1.29 is 0 Å². The second-order valence-corrected chi connectivity index (χ2v) is 3.76. The average Bonchev–Trinajstić information content (AvgIpc) is 1.82. The van der Waals surface area contributed by atoms with Crippen molar-refractivity contribution in [1.82, 2.24) is 0 Å². The largest absolute Gasteiger partial charge is 0.143 e. The van der Waals surface area contributed by atoms with Crippen LogP contribution in [0.15, 0.2) is 31.7 Å². The third-order valence-corrected chi connectivity index (χ3v) is 2.85. The van der Waals surface area contributed by atoms with Crippen LogP contribution in [-0.2, 0) is 0 Å². The second kappa shape index (κ2) is 3.34. The van der Waals surface area contributed by atoms with E-state index in [1.807, 2.05) is 12.1 Å². The molecule has 0 N–H and O–H groups in total. The van der Waals surface area contributed by atoms with Gasteiger partial charge in [0.15, 0.2) is 0 Å². The summed E-state index contributed by atoms with van der Waals surface area (Å²) in [5.74, 6) is 0. The van der Waals surface area contributed by atoms with Gasteiger partial charge in [-0.05, 0) is 12.1 Å². The Morgan fingerprint density at radius 1 is 0.800 bits per heavy atom. The minimum Gasteiger partial charge on any atom is -0.143 e. The molecule has 0 radical (unpaired) electrons. The van der Waals surface area contributed by atoms with Gasteiger partial charge in [0.1, 0.15) is 0 Å². The predicted molar refractivity (Wildman–Crippen MR) is 55.5 cm³/mol. The first-order chi connectivity index (χ1) is 4.61. The molecule has 0 unspecified atom stereocenters. The topological polar surface area (TPSA) is 0 Å². The molecule has 54 valence electrons. The smallest absolute Gasteiger partial charge is 0.0308 e. The number of thiol groups is 4. The van der Waals surface area contributed by atoms with Crippen LogP contribution in [0.3, 0.4) is 0 Å². The van der Waals surface area contributed by atoms with Crippen molar-refractivity contribution in [2.24, 2.45) is 0 Å². The van der Waals surface area contributed by atoms with Crippen LogP contribution >= 0.6 is 50.5 Å². The van der Waals surface area contributed by atoms with E-state index in [-0.39, 0.29) is 0 Å². The third-order valence-electron chi connectivity index (χ3n) is 1.05. The van der Waals surface area contributed by atoms with E-state index in [1.54, 1.807) is 0 Å². The fourth-order valence-corrected chi connectivity index (χ4v) is 1.79. The summed E-state index contributed by atoms with van der Waals surface area (Å²) in [4.78, 5) is 3.26. The maximum atomic E-state index is 4.17. The first-order valence-electron chi connectivity index (χ1n) is 2.55. The molecule has 0 aliphatic rings. The van der Waals surface area contributed by atoms with Crippen LogP contribution in [0.1, 0.15) is 0 Å². The van der Waals surface area contributed by atoms with Crippen LogP contribution in [0, 0.1) is 0 Å². The zero-order valence-corrected chi connectivity index (χ0v) is 8.52. The van der Waals surface area contributed by atoms with E-state index in [9.17, 15) is 0 Å². The summed E-state index contributed by atoms with van der Waals surface area (Å²) in [5, 5.41) is 0. The van der Waals surface area contributed by atoms with Gasteiger partial charge in [0, 0.05) is 19.6 Å². The van der Waals surface area contributed by atoms with Crippen molar-refractivity contribution in [2.45, 2.75) is 19.6 Å². The first kappa shape index (κ1) is 8.71. The van der Waals surface area contributed by atoms with E-state index < -0.39 is 0 Å². The lowest BCUT2D eigenvalue weighted by Gasteiger charge is -2.01. The minimum atomic E-state index is 0.796. The number of benzene rings is 1. The third kappa shape index (κ3) is 1.81. The van der Waals surface area contributed by atoms with Crippen molar-refractivity contribution in [3.63, 3.8) is 0 Å². The highest BCUT2D eigenvalue weighted by Crippen LogP contribution is 2.28. The van der Waals surface area contributed by atoms with E-state index in [0.29, 0.717) is 0 Å². The van der Waals surface area contributed by atoms with Gasteiger partial charge in [-0.1, -0.05) is 0 Å². The Labute approximate surface area is 82.1 Å². The Bertz CT molecular complexity index is 233. The van der Waals surface area contributed by atoms with Crippen LogP contribution < -0.4 is 0 Å². The SMILES string of the molecule is Sc1cc(S)c(S)c(S)c1. The van der Waals surface area contributed by atoms with Gasteiger partial charge in [0.2, 0.25) is 0 Å². The molecule has 0 saturated carbocycles. The lowest BCUT2D eigenvalue weighted by atomic mass is 10.3. The van der Waals surface area contributed by atoms with Gasteiger partial charge in [-0.25, -0.2) is 0 Å². The average molecular weight is 206 g/mol. The van der Waals surface area contributed by atoms with E-state index >= 15 is 0 Å². The molecular weight excluding hydrogens is 200 g/mol. The fourth-order valence-electron chi connectivity index (χ4n) is 0.590. The summed E-state index contributed by atoms with van der Waals surface area (Å²) in [5.41, 5.74) is 0. The maximum Gasteiger partial charge on any atom is 0.0308 e. The van der Waals surface area contributed by atoms with Gasteiger partial charge in [0.05, 0.1) is 0 Å². The summed E-state index contributed by atoms with van der Waals surface area (Å²) in [6.45, 7) is 0. The summed E-state index contributed by atoms with van der Waals surface area (Å²) >= 11 is 16.6. The Morgan fingerprint density at radius 3 is 1.60 bits per heavy atom. The lowest BCUT2D eigenvalue weighted by Crippen LogP contribution is -1.75.